The van der Waals surface area contributed by atoms with Gasteiger partial charge < -0.3 is 19.4 Å². The first-order chi connectivity index (χ1) is 9.19. The van der Waals surface area contributed by atoms with Crippen molar-refractivity contribution in [2.75, 3.05) is 7.11 Å². The maximum absolute atomic E-state index is 10.8. The quantitative estimate of drug-likeness (QED) is 0.753. The van der Waals surface area contributed by atoms with Gasteiger partial charge in [-0.3, -0.25) is 0 Å². The van der Waals surface area contributed by atoms with E-state index in [9.17, 15) is 4.79 Å². The van der Waals surface area contributed by atoms with E-state index in [0.29, 0.717) is 17.1 Å². The van der Waals surface area contributed by atoms with E-state index < -0.39 is 5.97 Å². The van der Waals surface area contributed by atoms with Crippen molar-refractivity contribution in [1.29, 1.82) is 0 Å². The molecule has 2 aromatic heterocycles. The van der Waals surface area contributed by atoms with E-state index in [4.69, 9.17) is 14.4 Å². The number of rotatable bonds is 3. The number of ether oxygens (including phenoxy) is 1. The second kappa shape index (κ2) is 4.16. The van der Waals surface area contributed by atoms with Crippen LogP contribution in [0.4, 0.5) is 0 Å². The number of H-pyrrole nitrogens is 1. The number of benzene rings is 1. The zero-order valence-electron chi connectivity index (χ0n) is 10.0. The number of carboxylic acids is 1. The topological polar surface area (TPSA) is 88.3 Å². The molecule has 1 aromatic carbocycles. The van der Waals surface area contributed by atoms with E-state index in [-0.39, 0.29) is 5.69 Å². The summed E-state index contributed by atoms with van der Waals surface area (Å²) in [5.41, 5.74) is 1.45. The molecule has 0 aliphatic carbocycles. The molecule has 0 unspecified atom stereocenters. The van der Waals surface area contributed by atoms with Crippen LogP contribution >= 0.6 is 0 Å². The molecule has 3 aromatic rings. The molecule has 2 N–H and O–H groups in total. The van der Waals surface area contributed by atoms with Crippen molar-refractivity contribution in [3.8, 4) is 17.1 Å². The van der Waals surface area contributed by atoms with Gasteiger partial charge in [-0.25, -0.2) is 4.79 Å². The van der Waals surface area contributed by atoms with Crippen LogP contribution in [-0.2, 0) is 0 Å². The van der Waals surface area contributed by atoms with Crippen molar-refractivity contribution >= 4 is 16.9 Å². The van der Waals surface area contributed by atoms with Gasteiger partial charge in [-0.15, -0.1) is 0 Å². The molecule has 0 saturated carbocycles. The van der Waals surface area contributed by atoms with Crippen LogP contribution in [0, 0.1) is 0 Å². The molecule has 0 aliphatic heterocycles. The summed E-state index contributed by atoms with van der Waals surface area (Å²) in [4.78, 5) is 13.9. The third-order valence-corrected chi connectivity index (χ3v) is 2.86. The summed E-state index contributed by atoms with van der Waals surface area (Å²) in [7, 11) is 1.58. The first-order valence-corrected chi connectivity index (χ1v) is 5.54. The highest BCUT2D eigenvalue weighted by molar-refractivity contribution is 5.91. The predicted molar refractivity (Wildman–Crippen MR) is 67.3 cm³/mol. The maximum atomic E-state index is 10.8. The molecular weight excluding hydrogens is 248 g/mol. The molecule has 0 aliphatic rings. The van der Waals surface area contributed by atoms with Crippen LogP contribution in [0.5, 0.6) is 5.75 Å². The van der Waals surface area contributed by atoms with Crippen molar-refractivity contribution in [3.05, 3.63) is 36.2 Å². The Morgan fingerprint density at radius 1 is 1.42 bits per heavy atom. The Bertz CT molecular complexity index is 757. The Hall–Kier alpha value is -2.76. The van der Waals surface area contributed by atoms with E-state index in [1.165, 1.54) is 6.07 Å². The lowest BCUT2D eigenvalue weighted by Gasteiger charge is -2.04. The molecule has 0 atom stereocenters. The SMILES string of the molecule is COc1cc(-c2cc(C(=O)O)no2)cc2[nH]ccc12. The van der Waals surface area contributed by atoms with Crippen LogP contribution in [-0.4, -0.2) is 28.3 Å². The maximum Gasteiger partial charge on any atom is 0.358 e. The van der Waals surface area contributed by atoms with Gasteiger partial charge in [0.25, 0.3) is 0 Å². The molecule has 96 valence electrons. The summed E-state index contributed by atoms with van der Waals surface area (Å²) in [5, 5.41) is 13.3. The summed E-state index contributed by atoms with van der Waals surface area (Å²) in [6, 6.07) is 6.92. The third kappa shape index (κ3) is 1.83. The smallest absolute Gasteiger partial charge is 0.358 e. The van der Waals surface area contributed by atoms with Gasteiger partial charge in [0.2, 0.25) is 0 Å². The largest absolute Gasteiger partial charge is 0.496 e. The summed E-state index contributed by atoms with van der Waals surface area (Å²) < 4.78 is 10.3. The van der Waals surface area contributed by atoms with Gasteiger partial charge in [-0.05, 0) is 18.2 Å². The molecule has 0 spiro atoms. The molecule has 0 radical (unpaired) electrons. The molecule has 2 heterocycles. The molecular formula is C13H10N2O4. The first kappa shape index (κ1) is 11.3. The number of carboxylic acid groups (broad SMARTS) is 1. The van der Waals surface area contributed by atoms with Gasteiger partial charge in [0.05, 0.1) is 7.11 Å². The first-order valence-electron chi connectivity index (χ1n) is 5.54. The summed E-state index contributed by atoms with van der Waals surface area (Å²) in [6.07, 6.45) is 1.81. The average Bonchev–Trinajstić information content (AvgIpc) is 3.05. The highest BCUT2D eigenvalue weighted by atomic mass is 16.5. The van der Waals surface area contributed by atoms with Gasteiger partial charge in [-0.2, -0.15) is 0 Å². The zero-order chi connectivity index (χ0) is 13.4. The number of carbonyl (C=O) groups is 1. The van der Waals surface area contributed by atoms with Crippen molar-refractivity contribution in [1.82, 2.24) is 10.1 Å². The van der Waals surface area contributed by atoms with Crippen LogP contribution in [0.2, 0.25) is 0 Å². The zero-order valence-corrected chi connectivity index (χ0v) is 10.0. The molecule has 6 nitrogen and oxygen atoms in total. The highest BCUT2D eigenvalue weighted by Gasteiger charge is 2.14. The van der Waals surface area contributed by atoms with E-state index in [1.807, 2.05) is 12.1 Å². The van der Waals surface area contributed by atoms with Gasteiger partial charge in [0.1, 0.15) is 5.75 Å². The van der Waals surface area contributed by atoms with Crippen molar-refractivity contribution < 1.29 is 19.2 Å². The van der Waals surface area contributed by atoms with Crippen molar-refractivity contribution in [3.63, 3.8) is 0 Å². The number of hydrogen-bond acceptors (Lipinski definition) is 4. The fourth-order valence-electron chi connectivity index (χ4n) is 1.96. The predicted octanol–water partition coefficient (Wildman–Crippen LogP) is 2.53. The number of nitrogens with zero attached hydrogens (tertiary/aromatic N) is 1. The Morgan fingerprint density at radius 3 is 2.95 bits per heavy atom. The monoisotopic (exact) mass is 258 g/mol. The number of aromatic nitrogens is 2. The Balaban J connectivity index is 2.15. The molecule has 3 rings (SSSR count). The molecule has 0 fully saturated rings. The number of hydrogen-bond donors (Lipinski definition) is 2. The second-order valence-corrected chi connectivity index (χ2v) is 4.00. The lowest BCUT2D eigenvalue weighted by atomic mass is 10.1. The highest BCUT2D eigenvalue weighted by Crippen LogP contribution is 2.32. The number of methoxy groups -OCH3 is 1. The normalized spacial score (nSPS) is 10.8. The van der Waals surface area contributed by atoms with Crippen molar-refractivity contribution in [2.45, 2.75) is 0 Å². The standard InChI is InChI=1S/C13H10N2O4/c1-18-12-5-7(4-9-8(12)2-3-14-9)11-6-10(13(16)17)15-19-11/h2-6,14H,1H3,(H,16,17). The summed E-state index contributed by atoms with van der Waals surface area (Å²) in [5.74, 6) is -0.0582. The molecule has 0 saturated heterocycles. The van der Waals surface area contributed by atoms with E-state index in [2.05, 4.69) is 10.1 Å². The second-order valence-electron chi connectivity index (χ2n) is 4.00. The Kier molecular flexibility index (Phi) is 2.49. The minimum Gasteiger partial charge on any atom is -0.496 e. The Labute approximate surface area is 107 Å². The lowest BCUT2D eigenvalue weighted by molar-refractivity contribution is 0.0686. The molecule has 0 bridgehead atoms. The lowest BCUT2D eigenvalue weighted by Crippen LogP contribution is -1.94. The molecule has 6 heteroatoms. The van der Waals surface area contributed by atoms with Crippen LogP contribution in [0.25, 0.3) is 22.2 Å². The van der Waals surface area contributed by atoms with Gasteiger partial charge in [0.15, 0.2) is 11.5 Å². The van der Waals surface area contributed by atoms with Crippen LogP contribution in [0.15, 0.2) is 35.0 Å². The average molecular weight is 258 g/mol. The van der Waals surface area contributed by atoms with E-state index >= 15 is 0 Å². The summed E-state index contributed by atoms with van der Waals surface area (Å²) in [6.45, 7) is 0. The summed E-state index contributed by atoms with van der Waals surface area (Å²) >= 11 is 0. The number of aromatic carboxylic acids is 1. The van der Waals surface area contributed by atoms with E-state index in [1.54, 1.807) is 19.4 Å². The number of aromatic amines is 1. The van der Waals surface area contributed by atoms with Crippen LogP contribution < -0.4 is 4.74 Å². The third-order valence-electron chi connectivity index (χ3n) is 2.86. The fourth-order valence-corrected chi connectivity index (χ4v) is 1.96. The minimum absolute atomic E-state index is 0.124. The van der Waals surface area contributed by atoms with E-state index in [0.717, 1.165) is 10.9 Å². The van der Waals surface area contributed by atoms with Gasteiger partial charge in [0, 0.05) is 28.7 Å². The molecule has 0 amide bonds. The Morgan fingerprint density at radius 2 is 2.26 bits per heavy atom. The van der Waals surface area contributed by atoms with Crippen LogP contribution in [0.3, 0.4) is 0 Å². The molecule has 19 heavy (non-hydrogen) atoms. The fraction of sp³-hybridized carbons (Fsp3) is 0.0769. The van der Waals surface area contributed by atoms with Crippen molar-refractivity contribution in [2.24, 2.45) is 0 Å². The number of fused-ring (bicyclic) bond motifs is 1. The van der Waals surface area contributed by atoms with Gasteiger partial charge in [-0.1, -0.05) is 5.16 Å². The number of nitrogens with one attached hydrogen (secondary N) is 1. The minimum atomic E-state index is -1.12. The van der Waals surface area contributed by atoms with Gasteiger partial charge >= 0.3 is 5.97 Å². The van der Waals surface area contributed by atoms with Crippen LogP contribution in [0.1, 0.15) is 10.5 Å².